The Morgan fingerprint density at radius 1 is 0.673 bits per heavy atom. The van der Waals surface area contributed by atoms with Gasteiger partial charge in [-0.1, -0.05) is 62.6 Å². The summed E-state index contributed by atoms with van der Waals surface area (Å²) in [5, 5.41) is 7.20. The number of methoxy groups -OCH3 is 1. The predicted molar refractivity (Wildman–Crippen MR) is 195 cm³/mol. The van der Waals surface area contributed by atoms with Crippen LogP contribution < -0.4 is 14.2 Å². The predicted octanol–water partition coefficient (Wildman–Crippen LogP) is 11.1. The Labute approximate surface area is 285 Å². The molecule has 0 N–H and O–H groups in total. The van der Waals surface area contributed by atoms with Crippen LogP contribution in [0.4, 0.5) is 0 Å². The molecular weight excluding hydrogens is 612 g/mol. The smallest absolute Gasteiger partial charge is 0.343 e. The Morgan fingerprint density at radius 3 is 2.10 bits per heavy atom. The molecule has 1 aromatic heterocycles. The van der Waals surface area contributed by atoms with Crippen molar-refractivity contribution in [3.63, 3.8) is 0 Å². The van der Waals surface area contributed by atoms with E-state index in [1.807, 2.05) is 43.3 Å². The summed E-state index contributed by atoms with van der Waals surface area (Å²) in [4.78, 5) is 26.2. The van der Waals surface area contributed by atoms with Gasteiger partial charge in [-0.3, -0.25) is 0 Å². The van der Waals surface area contributed by atoms with Crippen molar-refractivity contribution in [3.8, 4) is 17.2 Å². The quantitative estimate of drug-likeness (QED) is 0.0635. The van der Waals surface area contributed by atoms with Gasteiger partial charge in [-0.15, -0.1) is 0 Å². The van der Waals surface area contributed by atoms with Gasteiger partial charge in [0.1, 0.15) is 11.3 Å². The Kier molecular flexibility index (Phi) is 8.79. The van der Waals surface area contributed by atoms with Crippen LogP contribution in [0.25, 0.3) is 43.3 Å². The third-order valence-electron chi connectivity index (χ3n) is 9.45. The molecule has 0 saturated carbocycles. The molecule has 6 aromatic carbocycles. The number of benzene rings is 5. The number of esters is 2. The number of ether oxygens (including phenoxy) is 3. The molecule has 1 heterocycles. The number of hydrogen-bond acceptors (Lipinski definition) is 6. The second kappa shape index (κ2) is 13.5. The van der Waals surface area contributed by atoms with Gasteiger partial charge < -0.3 is 18.6 Å². The van der Waals surface area contributed by atoms with Gasteiger partial charge in [0.15, 0.2) is 11.5 Å². The van der Waals surface area contributed by atoms with Crippen molar-refractivity contribution in [2.75, 3.05) is 7.11 Å². The highest BCUT2D eigenvalue weighted by Crippen LogP contribution is 2.45. The summed E-state index contributed by atoms with van der Waals surface area (Å²) < 4.78 is 23.5. The fourth-order valence-electron chi connectivity index (χ4n) is 6.64. The molecule has 0 bridgehead atoms. The van der Waals surface area contributed by atoms with Crippen molar-refractivity contribution in [3.05, 3.63) is 125 Å². The summed E-state index contributed by atoms with van der Waals surface area (Å²) in [7, 11) is 1.55. The maximum Gasteiger partial charge on any atom is 0.343 e. The van der Waals surface area contributed by atoms with Crippen LogP contribution in [0.5, 0.6) is 17.2 Å². The van der Waals surface area contributed by atoms with E-state index < -0.39 is 11.9 Å². The third kappa shape index (κ3) is 6.11. The SMILES string of the molecule is CCCCCCc1ccc(C(=O)Oc2ccc(C(=O)Oc3cc4c(cc3OC)c3occ(C)c(C)c3c3cc5ccccc5c43)cc2)cc1. The summed E-state index contributed by atoms with van der Waals surface area (Å²) in [5.41, 5.74) is 4.96. The van der Waals surface area contributed by atoms with Gasteiger partial charge in [0.2, 0.25) is 0 Å². The van der Waals surface area contributed by atoms with E-state index in [0.717, 1.165) is 67.3 Å². The van der Waals surface area contributed by atoms with Crippen LogP contribution in [-0.4, -0.2) is 19.0 Å². The van der Waals surface area contributed by atoms with Crippen molar-refractivity contribution >= 4 is 55.2 Å². The summed E-state index contributed by atoms with van der Waals surface area (Å²) in [6.07, 6.45) is 7.57. The molecule has 0 amide bonds. The molecule has 246 valence electrons. The first-order valence-electron chi connectivity index (χ1n) is 16.8. The molecule has 0 aliphatic rings. The van der Waals surface area contributed by atoms with Crippen LogP contribution in [0.2, 0.25) is 0 Å². The lowest BCUT2D eigenvalue weighted by Gasteiger charge is -2.15. The minimum atomic E-state index is -0.564. The van der Waals surface area contributed by atoms with E-state index >= 15 is 0 Å². The van der Waals surface area contributed by atoms with Crippen molar-refractivity contribution in [2.24, 2.45) is 0 Å². The van der Waals surface area contributed by atoms with Gasteiger partial charge in [-0.2, -0.15) is 0 Å². The summed E-state index contributed by atoms with van der Waals surface area (Å²) in [6.45, 7) is 6.36. The molecule has 0 radical (unpaired) electrons. The molecule has 0 saturated heterocycles. The van der Waals surface area contributed by atoms with Crippen molar-refractivity contribution < 1.29 is 28.2 Å². The van der Waals surface area contributed by atoms with Crippen LogP contribution in [0, 0.1) is 13.8 Å². The lowest BCUT2D eigenvalue weighted by molar-refractivity contribution is 0.0727. The molecule has 0 aliphatic carbocycles. The highest BCUT2D eigenvalue weighted by Gasteiger charge is 2.21. The Bertz CT molecular complexity index is 2350. The van der Waals surface area contributed by atoms with Crippen molar-refractivity contribution in [1.82, 2.24) is 0 Å². The van der Waals surface area contributed by atoms with Gasteiger partial charge in [0.25, 0.3) is 0 Å². The average molecular weight is 651 g/mol. The van der Waals surface area contributed by atoms with Gasteiger partial charge in [0.05, 0.1) is 24.5 Å². The first-order chi connectivity index (χ1) is 23.9. The fraction of sp³-hybridized carbons (Fsp3) is 0.209. The fourth-order valence-corrected chi connectivity index (χ4v) is 6.64. The van der Waals surface area contributed by atoms with Crippen LogP contribution in [0.15, 0.2) is 102 Å². The maximum absolute atomic E-state index is 13.4. The molecular formula is C43H38O6. The lowest BCUT2D eigenvalue weighted by atomic mass is 9.95. The Balaban J connectivity index is 1.15. The zero-order chi connectivity index (χ0) is 34.1. The summed E-state index contributed by atoms with van der Waals surface area (Å²) in [5.74, 6) is 0.0119. The summed E-state index contributed by atoms with van der Waals surface area (Å²) in [6, 6.07) is 28.1. The zero-order valence-corrected chi connectivity index (χ0v) is 28.2. The van der Waals surface area contributed by atoms with Crippen LogP contribution in [0.3, 0.4) is 0 Å². The van der Waals surface area contributed by atoms with Gasteiger partial charge in [-0.05, 0) is 125 Å². The summed E-state index contributed by atoms with van der Waals surface area (Å²) >= 11 is 0. The van der Waals surface area contributed by atoms with E-state index in [0.29, 0.717) is 28.4 Å². The van der Waals surface area contributed by atoms with E-state index in [1.54, 1.807) is 49.8 Å². The molecule has 0 fully saturated rings. The van der Waals surface area contributed by atoms with Crippen LogP contribution in [0.1, 0.15) is 70.0 Å². The highest BCUT2D eigenvalue weighted by molar-refractivity contribution is 6.33. The van der Waals surface area contributed by atoms with Gasteiger partial charge >= 0.3 is 11.9 Å². The minimum Gasteiger partial charge on any atom is -0.493 e. The van der Waals surface area contributed by atoms with E-state index in [4.69, 9.17) is 18.6 Å². The lowest BCUT2D eigenvalue weighted by Crippen LogP contribution is -2.11. The van der Waals surface area contributed by atoms with Gasteiger partial charge in [0, 0.05) is 10.8 Å². The number of rotatable bonds is 10. The van der Waals surface area contributed by atoms with Gasteiger partial charge in [-0.25, -0.2) is 9.59 Å². The number of carbonyl (C=O) groups excluding carboxylic acids is 2. The van der Waals surface area contributed by atoms with E-state index in [9.17, 15) is 9.59 Å². The normalized spacial score (nSPS) is 11.4. The molecule has 0 spiro atoms. The molecule has 0 atom stereocenters. The van der Waals surface area contributed by atoms with Crippen molar-refractivity contribution in [2.45, 2.75) is 52.9 Å². The van der Waals surface area contributed by atoms with E-state index in [1.165, 1.54) is 24.8 Å². The first kappa shape index (κ1) is 32.0. The number of carbonyl (C=O) groups is 2. The van der Waals surface area contributed by atoms with Crippen LogP contribution in [-0.2, 0) is 6.42 Å². The monoisotopic (exact) mass is 650 g/mol. The maximum atomic E-state index is 13.4. The van der Waals surface area contributed by atoms with Crippen molar-refractivity contribution in [1.29, 1.82) is 0 Å². The van der Waals surface area contributed by atoms with E-state index in [2.05, 4.69) is 32.0 Å². The minimum absolute atomic E-state index is 0.291. The first-order valence-corrected chi connectivity index (χ1v) is 16.8. The topological polar surface area (TPSA) is 75.0 Å². The second-order valence-electron chi connectivity index (χ2n) is 12.6. The molecule has 7 aromatic rings. The largest absolute Gasteiger partial charge is 0.493 e. The number of aryl methyl sites for hydroxylation is 3. The number of unbranched alkanes of at least 4 members (excludes halogenated alkanes) is 3. The number of fused-ring (bicyclic) bond motifs is 8. The standard InChI is InChI=1S/C43H38O6/c1-5-6-7-8-11-28-14-16-29(17-15-28)42(44)48-32-20-18-30(19-21-32)43(45)49-38-23-34-35(24-37(38)46-4)41-39(27(3)26(2)25-47-41)36-22-31-12-9-10-13-33(31)40(34)36/h9-10,12-25H,5-8,11H2,1-4H3. The third-order valence-corrected chi connectivity index (χ3v) is 9.45. The Morgan fingerprint density at radius 2 is 1.37 bits per heavy atom. The van der Waals surface area contributed by atoms with Crippen LogP contribution >= 0.6 is 0 Å². The molecule has 6 nitrogen and oxygen atoms in total. The molecule has 6 heteroatoms. The second-order valence-corrected chi connectivity index (χ2v) is 12.6. The van der Waals surface area contributed by atoms with E-state index in [-0.39, 0.29) is 0 Å². The average Bonchev–Trinajstić information content (AvgIpc) is 3.51. The molecule has 49 heavy (non-hydrogen) atoms. The molecule has 0 unspecified atom stereocenters. The number of hydrogen-bond donors (Lipinski definition) is 0. The molecule has 7 rings (SSSR count). The highest BCUT2D eigenvalue weighted by atomic mass is 16.6. The Hall–Kier alpha value is -5.62. The zero-order valence-electron chi connectivity index (χ0n) is 28.2. The molecule has 0 aliphatic heterocycles.